The minimum Gasteiger partial charge on any atom is -0.480 e. The molecule has 1 aliphatic rings. The number of thioether (sulfide) groups is 1. The lowest BCUT2D eigenvalue weighted by Gasteiger charge is -2.14. The van der Waals surface area contributed by atoms with E-state index < -0.39 is 27.8 Å². The van der Waals surface area contributed by atoms with Gasteiger partial charge in [-0.2, -0.15) is 11.8 Å². The van der Waals surface area contributed by atoms with Crippen molar-refractivity contribution in [2.75, 3.05) is 17.3 Å². The van der Waals surface area contributed by atoms with Crippen molar-refractivity contribution in [2.45, 2.75) is 24.6 Å². The van der Waals surface area contributed by atoms with Gasteiger partial charge in [0.1, 0.15) is 6.04 Å². The number of hydrogen-bond donors (Lipinski definition) is 2. The van der Waals surface area contributed by atoms with Gasteiger partial charge in [-0.3, -0.25) is 4.79 Å². The van der Waals surface area contributed by atoms with E-state index >= 15 is 0 Å². The minimum atomic E-state index is -2.94. The monoisotopic (exact) mass is 281 g/mol. The Hall–Kier alpha value is -0.760. The van der Waals surface area contributed by atoms with E-state index in [-0.39, 0.29) is 22.5 Å². The molecule has 1 heterocycles. The SMILES string of the molecule is CC(=O)N[C@@H](CSC1CCS(=O)(=O)C1)C(=O)O. The van der Waals surface area contributed by atoms with Crippen LogP contribution < -0.4 is 5.32 Å². The van der Waals surface area contributed by atoms with E-state index in [1.807, 2.05) is 0 Å². The van der Waals surface area contributed by atoms with Crippen LogP contribution >= 0.6 is 11.8 Å². The summed E-state index contributed by atoms with van der Waals surface area (Å²) in [6.45, 7) is 1.25. The van der Waals surface area contributed by atoms with E-state index in [4.69, 9.17) is 5.11 Å². The molecule has 0 radical (unpaired) electrons. The van der Waals surface area contributed by atoms with Crippen LogP contribution in [0.2, 0.25) is 0 Å². The number of carboxylic acid groups (broad SMARTS) is 1. The summed E-state index contributed by atoms with van der Waals surface area (Å²) in [6, 6.07) is -0.958. The molecule has 0 aromatic rings. The molecule has 8 heteroatoms. The molecule has 0 bridgehead atoms. The third kappa shape index (κ3) is 4.95. The zero-order valence-electron chi connectivity index (χ0n) is 9.38. The van der Waals surface area contributed by atoms with Gasteiger partial charge in [0.05, 0.1) is 11.5 Å². The number of rotatable bonds is 5. The van der Waals surface area contributed by atoms with Crippen LogP contribution in [0.1, 0.15) is 13.3 Å². The summed E-state index contributed by atoms with van der Waals surface area (Å²) in [7, 11) is -2.94. The molecule has 0 spiro atoms. The normalized spacial score (nSPS) is 24.2. The number of carbonyl (C=O) groups excluding carboxylic acids is 1. The van der Waals surface area contributed by atoms with Crippen LogP contribution in [0.5, 0.6) is 0 Å². The summed E-state index contributed by atoms with van der Waals surface area (Å²) in [5, 5.41) is 11.1. The zero-order chi connectivity index (χ0) is 13.1. The van der Waals surface area contributed by atoms with Crippen molar-refractivity contribution in [2.24, 2.45) is 0 Å². The Labute approximate surface area is 104 Å². The first-order valence-electron chi connectivity index (χ1n) is 5.12. The summed E-state index contributed by atoms with van der Waals surface area (Å²) in [4.78, 5) is 21.6. The molecule has 0 aliphatic carbocycles. The fourth-order valence-electron chi connectivity index (χ4n) is 1.54. The lowest BCUT2D eigenvalue weighted by molar-refractivity contribution is -0.140. The zero-order valence-corrected chi connectivity index (χ0v) is 11.0. The number of hydrogen-bond acceptors (Lipinski definition) is 5. The molecule has 98 valence electrons. The Morgan fingerprint density at radius 1 is 1.53 bits per heavy atom. The highest BCUT2D eigenvalue weighted by atomic mass is 32.2. The minimum absolute atomic E-state index is 0.0596. The van der Waals surface area contributed by atoms with Crippen molar-refractivity contribution in [1.29, 1.82) is 0 Å². The Balaban J connectivity index is 2.42. The lowest BCUT2D eigenvalue weighted by atomic mass is 10.3. The highest BCUT2D eigenvalue weighted by molar-refractivity contribution is 8.01. The quantitative estimate of drug-likeness (QED) is 0.704. The average Bonchev–Trinajstić information content (AvgIpc) is 2.52. The molecule has 2 N–H and O–H groups in total. The van der Waals surface area contributed by atoms with Gasteiger partial charge in [0.15, 0.2) is 9.84 Å². The van der Waals surface area contributed by atoms with Crippen LogP contribution in [0.25, 0.3) is 0 Å². The predicted molar refractivity (Wildman–Crippen MR) is 64.8 cm³/mol. The maximum absolute atomic E-state index is 11.2. The summed E-state index contributed by atoms with van der Waals surface area (Å²) >= 11 is 1.29. The van der Waals surface area contributed by atoms with Crippen molar-refractivity contribution in [1.82, 2.24) is 5.32 Å². The standard InChI is InChI=1S/C9H15NO5S2/c1-6(11)10-8(9(12)13)4-16-7-2-3-17(14,15)5-7/h7-8H,2-5H2,1H3,(H,10,11)(H,12,13)/t7?,8-/m0/s1. The van der Waals surface area contributed by atoms with Gasteiger partial charge in [-0.1, -0.05) is 0 Å². The van der Waals surface area contributed by atoms with Gasteiger partial charge < -0.3 is 10.4 Å². The van der Waals surface area contributed by atoms with E-state index in [1.54, 1.807) is 0 Å². The smallest absolute Gasteiger partial charge is 0.327 e. The molecule has 6 nitrogen and oxygen atoms in total. The molecule has 1 rings (SSSR count). The topological polar surface area (TPSA) is 101 Å². The first-order valence-corrected chi connectivity index (χ1v) is 7.99. The van der Waals surface area contributed by atoms with Gasteiger partial charge in [0.25, 0.3) is 0 Å². The summed E-state index contributed by atoms with van der Waals surface area (Å²) in [5.74, 6) is -1.05. The summed E-state index contributed by atoms with van der Waals surface area (Å²) in [6.07, 6.45) is 0.555. The maximum Gasteiger partial charge on any atom is 0.327 e. The molecule has 1 unspecified atom stereocenters. The Morgan fingerprint density at radius 2 is 2.18 bits per heavy atom. The van der Waals surface area contributed by atoms with Gasteiger partial charge in [0.2, 0.25) is 5.91 Å². The van der Waals surface area contributed by atoms with Crippen molar-refractivity contribution in [3.63, 3.8) is 0 Å². The number of carbonyl (C=O) groups is 2. The molecule has 2 atom stereocenters. The second-order valence-electron chi connectivity index (χ2n) is 3.95. The van der Waals surface area contributed by atoms with E-state index in [2.05, 4.69) is 5.32 Å². The summed E-state index contributed by atoms with van der Waals surface area (Å²) < 4.78 is 22.4. The molecule has 0 aromatic carbocycles. The molecule has 17 heavy (non-hydrogen) atoms. The third-order valence-electron chi connectivity index (χ3n) is 2.36. The molecule has 1 aliphatic heterocycles. The molecule has 0 aromatic heterocycles. The Kier molecular flexibility index (Phi) is 4.81. The lowest BCUT2D eigenvalue weighted by Crippen LogP contribution is -2.41. The number of aliphatic carboxylic acids is 1. The molecule has 1 fully saturated rings. The number of carboxylic acids is 1. The number of amides is 1. The van der Waals surface area contributed by atoms with Gasteiger partial charge in [0, 0.05) is 17.9 Å². The van der Waals surface area contributed by atoms with E-state index in [0.29, 0.717) is 6.42 Å². The van der Waals surface area contributed by atoms with Crippen LogP contribution in [0, 0.1) is 0 Å². The van der Waals surface area contributed by atoms with Crippen LogP contribution in [0.3, 0.4) is 0 Å². The van der Waals surface area contributed by atoms with Gasteiger partial charge in [-0.05, 0) is 6.42 Å². The fourth-order valence-corrected chi connectivity index (χ4v) is 5.22. The van der Waals surface area contributed by atoms with E-state index in [1.165, 1.54) is 18.7 Å². The number of sulfone groups is 1. The molecular weight excluding hydrogens is 266 g/mol. The predicted octanol–water partition coefficient (Wildman–Crippen LogP) is -0.504. The highest BCUT2D eigenvalue weighted by Crippen LogP contribution is 2.24. The van der Waals surface area contributed by atoms with Gasteiger partial charge in [-0.25, -0.2) is 13.2 Å². The molecule has 0 saturated carbocycles. The fraction of sp³-hybridized carbons (Fsp3) is 0.778. The summed E-state index contributed by atoms with van der Waals surface area (Å²) in [5.41, 5.74) is 0. The highest BCUT2D eigenvalue weighted by Gasteiger charge is 2.29. The van der Waals surface area contributed by atoms with Crippen LogP contribution in [-0.2, 0) is 19.4 Å². The van der Waals surface area contributed by atoms with Crippen molar-refractivity contribution in [3.05, 3.63) is 0 Å². The number of nitrogens with one attached hydrogen (secondary N) is 1. The average molecular weight is 281 g/mol. The Bertz CT molecular complexity index is 406. The second-order valence-corrected chi connectivity index (χ2v) is 7.51. The second kappa shape index (κ2) is 5.72. The van der Waals surface area contributed by atoms with Gasteiger partial charge >= 0.3 is 5.97 Å². The van der Waals surface area contributed by atoms with Crippen LogP contribution in [0.4, 0.5) is 0 Å². The van der Waals surface area contributed by atoms with Crippen molar-refractivity contribution < 1.29 is 23.1 Å². The first kappa shape index (κ1) is 14.3. The Morgan fingerprint density at radius 3 is 2.59 bits per heavy atom. The van der Waals surface area contributed by atoms with E-state index in [9.17, 15) is 18.0 Å². The molecule has 1 amide bonds. The van der Waals surface area contributed by atoms with Crippen molar-refractivity contribution in [3.8, 4) is 0 Å². The van der Waals surface area contributed by atoms with Crippen LogP contribution in [0.15, 0.2) is 0 Å². The van der Waals surface area contributed by atoms with Crippen molar-refractivity contribution >= 4 is 33.5 Å². The first-order chi connectivity index (χ1) is 7.80. The maximum atomic E-state index is 11.2. The molecule has 1 saturated heterocycles. The van der Waals surface area contributed by atoms with Gasteiger partial charge in [-0.15, -0.1) is 0 Å². The largest absolute Gasteiger partial charge is 0.480 e. The molecular formula is C9H15NO5S2. The van der Waals surface area contributed by atoms with E-state index in [0.717, 1.165) is 0 Å². The van der Waals surface area contributed by atoms with Crippen LogP contribution in [-0.4, -0.2) is 54.0 Å². The third-order valence-corrected chi connectivity index (χ3v) is 5.74.